The van der Waals surface area contributed by atoms with E-state index >= 15 is 0 Å². The Hall–Kier alpha value is -0.590. The summed E-state index contributed by atoms with van der Waals surface area (Å²) in [5.41, 5.74) is 0. The first-order valence-electron chi connectivity index (χ1n) is 2.83. The Balaban J connectivity index is 2.58. The van der Waals surface area contributed by atoms with Gasteiger partial charge >= 0.3 is 0 Å². The molecule has 0 aromatic heterocycles. The van der Waals surface area contributed by atoms with Crippen LogP contribution in [0.4, 0.5) is 4.39 Å². The summed E-state index contributed by atoms with van der Waals surface area (Å²) < 4.78 is 12.1. The number of hydrogen-bond donors (Lipinski definition) is 0. The van der Waals surface area contributed by atoms with Crippen molar-refractivity contribution in [2.24, 2.45) is 5.92 Å². The van der Waals surface area contributed by atoms with Crippen LogP contribution >= 0.6 is 0 Å². The molecular weight excluding hydrogens is 103 g/mol. The molecule has 0 aromatic rings. The molecule has 8 heavy (non-hydrogen) atoms. The van der Waals surface area contributed by atoms with Gasteiger partial charge in [-0.05, 0) is 24.5 Å². The second-order valence-electron chi connectivity index (χ2n) is 2.16. The van der Waals surface area contributed by atoms with E-state index in [0.717, 1.165) is 6.42 Å². The predicted molar refractivity (Wildman–Crippen MR) is 32.1 cm³/mol. The highest BCUT2D eigenvalue weighted by Crippen LogP contribution is 2.15. The first kappa shape index (κ1) is 5.54. The molecule has 1 rings (SSSR count). The van der Waals surface area contributed by atoms with E-state index in [-0.39, 0.29) is 5.83 Å². The highest BCUT2D eigenvalue weighted by Gasteiger charge is 2.00. The van der Waals surface area contributed by atoms with Gasteiger partial charge in [-0.15, -0.1) is 0 Å². The van der Waals surface area contributed by atoms with E-state index < -0.39 is 0 Å². The van der Waals surface area contributed by atoms with Gasteiger partial charge in [0.05, 0.1) is 0 Å². The molecule has 0 aromatic carbocycles. The third-order valence-electron chi connectivity index (χ3n) is 1.27. The smallest absolute Gasteiger partial charge is 0.118 e. The average molecular weight is 112 g/mol. The molecule has 0 spiro atoms. The van der Waals surface area contributed by atoms with E-state index in [4.69, 9.17) is 0 Å². The van der Waals surface area contributed by atoms with Crippen LogP contribution in [-0.2, 0) is 0 Å². The normalized spacial score (nSPS) is 27.8. The highest BCUT2D eigenvalue weighted by molar-refractivity contribution is 5.16. The molecule has 0 N–H and O–H groups in total. The Kier molecular flexibility index (Phi) is 1.47. The number of halogens is 1. The molecule has 0 radical (unpaired) electrons. The van der Waals surface area contributed by atoms with Gasteiger partial charge in [0.1, 0.15) is 5.83 Å². The van der Waals surface area contributed by atoms with Crippen molar-refractivity contribution in [3.63, 3.8) is 0 Å². The van der Waals surface area contributed by atoms with Gasteiger partial charge in [0.2, 0.25) is 0 Å². The third-order valence-corrected chi connectivity index (χ3v) is 1.27. The molecule has 0 amide bonds. The Bertz CT molecular complexity index is 133. The maximum absolute atomic E-state index is 12.1. The lowest BCUT2D eigenvalue weighted by atomic mass is 10.0. The van der Waals surface area contributed by atoms with Crippen molar-refractivity contribution in [3.05, 3.63) is 24.1 Å². The van der Waals surface area contributed by atoms with Crippen LogP contribution in [0.15, 0.2) is 24.1 Å². The van der Waals surface area contributed by atoms with E-state index in [0.29, 0.717) is 5.92 Å². The topological polar surface area (TPSA) is 0 Å². The minimum Gasteiger partial charge on any atom is -0.207 e. The molecule has 0 saturated heterocycles. The van der Waals surface area contributed by atoms with Crippen molar-refractivity contribution in [1.29, 1.82) is 0 Å². The molecule has 0 saturated carbocycles. The molecule has 0 heterocycles. The third kappa shape index (κ3) is 1.19. The van der Waals surface area contributed by atoms with Crippen molar-refractivity contribution in [3.8, 4) is 0 Å². The molecule has 0 unspecified atom stereocenters. The molecule has 1 aliphatic rings. The van der Waals surface area contributed by atoms with Gasteiger partial charge in [-0.1, -0.05) is 13.0 Å². The van der Waals surface area contributed by atoms with Gasteiger partial charge in [0.15, 0.2) is 0 Å². The lowest BCUT2D eigenvalue weighted by Crippen LogP contribution is -1.90. The van der Waals surface area contributed by atoms with E-state index in [1.807, 2.05) is 6.08 Å². The minimum absolute atomic E-state index is 0.0944. The lowest BCUT2D eigenvalue weighted by Gasteiger charge is -2.04. The standard InChI is InChI=1S/C7H9F/c1-6-2-4-7(8)5-3-6/h2,4-6H,3H2,1H3/t6-/m0/s1. The van der Waals surface area contributed by atoms with Gasteiger partial charge in [0.25, 0.3) is 0 Å². The molecule has 1 atom stereocenters. The molecule has 44 valence electrons. The van der Waals surface area contributed by atoms with Crippen LogP contribution in [0.2, 0.25) is 0 Å². The minimum atomic E-state index is -0.0944. The number of hydrogen-bond acceptors (Lipinski definition) is 0. The van der Waals surface area contributed by atoms with Crippen LogP contribution in [0.3, 0.4) is 0 Å². The summed E-state index contributed by atoms with van der Waals surface area (Å²) in [5, 5.41) is 0. The monoisotopic (exact) mass is 112 g/mol. The van der Waals surface area contributed by atoms with Gasteiger partial charge in [-0.3, -0.25) is 0 Å². The first-order valence-corrected chi connectivity index (χ1v) is 2.83. The van der Waals surface area contributed by atoms with Gasteiger partial charge in [0, 0.05) is 0 Å². The molecule has 0 bridgehead atoms. The van der Waals surface area contributed by atoms with Gasteiger partial charge < -0.3 is 0 Å². The van der Waals surface area contributed by atoms with Crippen molar-refractivity contribution in [2.75, 3.05) is 0 Å². The van der Waals surface area contributed by atoms with Crippen molar-refractivity contribution in [1.82, 2.24) is 0 Å². The lowest BCUT2D eigenvalue weighted by molar-refractivity contribution is 0.624. The Morgan fingerprint density at radius 3 is 2.88 bits per heavy atom. The number of rotatable bonds is 0. The van der Waals surface area contributed by atoms with Crippen LogP contribution < -0.4 is 0 Å². The largest absolute Gasteiger partial charge is 0.207 e. The first-order chi connectivity index (χ1) is 3.79. The summed E-state index contributed by atoms with van der Waals surface area (Å²) in [7, 11) is 0. The Morgan fingerprint density at radius 2 is 2.50 bits per heavy atom. The van der Waals surface area contributed by atoms with E-state index in [9.17, 15) is 4.39 Å². The zero-order valence-corrected chi connectivity index (χ0v) is 4.89. The maximum Gasteiger partial charge on any atom is 0.118 e. The fourth-order valence-corrected chi connectivity index (χ4v) is 0.701. The molecule has 0 aliphatic heterocycles. The maximum atomic E-state index is 12.1. The predicted octanol–water partition coefficient (Wildman–Crippen LogP) is 2.44. The van der Waals surface area contributed by atoms with Crippen LogP contribution in [0.1, 0.15) is 13.3 Å². The highest BCUT2D eigenvalue weighted by atomic mass is 19.1. The van der Waals surface area contributed by atoms with E-state index in [1.54, 1.807) is 6.08 Å². The molecule has 1 aliphatic carbocycles. The summed E-state index contributed by atoms with van der Waals surface area (Å²) in [5.74, 6) is 0.428. The Morgan fingerprint density at radius 1 is 1.75 bits per heavy atom. The fraction of sp³-hybridized carbons (Fsp3) is 0.429. The van der Waals surface area contributed by atoms with E-state index in [2.05, 4.69) is 6.92 Å². The van der Waals surface area contributed by atoms with Crippen LogP contribution in [0.25, 0.3) is 0 Å². The quantitative estimate of drug-likeness (QED) is 0.451. The SMILES string of the molecule is C[C@H]1C=CC(F)=CC1. The molecular formula is C7H9F. The Labute approximate surface area is 48.7 Å². The van der Waals surface area contributed by atoms with Gasteiger partial charge in [-0.25, -0.2) is 4.39 Å². The second kappa shape index (κ2) is 2.12. The summed E-state index contributed by atoms with van der Waals surface area (Å²) in [4.78, 5) is 0. The zero-order valence-electron chi connectivity index (χ0n) is 4.89. The fourth-order valence-electron chi connectivity index (χ4n) is 0.701. The van der Waals surface area contributed by atoms with Crippen LogP contribution in [-0.4, -0.2) is 0 Å². The second-order valence-corrected chi connectivity index (χ2v) is 2.16. The number of allylic oxidation sites excluding steroid dienone is 4. The van der Waals surface area contributed by atoms with Crippen molar-refractivity contribution in [2.45, 2.75) is 13.3 Å². The zero-order chi connectivity index (χ0) is 5.98. The summed E-state index contributed by atoms with van der Waals surface area (Å²) in [6.45, 7) is 2.07. The van der Waals surface area contributed by atoms with Crippen molar-refractivity contribution >= 4 is 0 Å². The average Bonchev–Trinajstić information content (AvgIpc) is 1.77. The van der Waals surface area contributed by atoms with E-state index in [1.165, 1.54) is 6.08 Å². The summed E-state index contributed by atoms with van der Waals surface area (Å²) in [6.07, 6.45) is 5.87. The summed E-state index contributed by atoms with van der Waals surface area (Å²) >= 11 is 0. The molecule has 0 nitrogen and oxygen atoms in total. The molecule has 1 heteroatoms. The van der Waals surface area contributed by atoms with Crippen LogP contribution in [0, 0.1) is 5.92 Å². The van der Waals surface area contributed by atoms with Crippen LogP contribution in [0.5, 0.6) is 0 Å². The summed E-state index contributed by atoms with van der Waals surface area (Å²) in [6, 6.07) is 0. The van der Waals surface area contributed by atoms with Crippen molar-refractivity contribution < 1.29 is 4.39 Å². The van der Waals surface area contributed by atoms with Gasteiger partial charge in [-0.2, -0.15) is 0 Å². The molecule has 0 fully saturated rings.